The van der Waals surface area contributed by atoms with Gasteiger partial charge in [-0.2, -0.15) is 0 Å². The SMILES string of the molecule is Cc1cc2[nH]c(CO)cc2c(Cl)n1. The number of H-pyrrole nitrogens is 1. The van der Waals surface area contributed by atoms with Crippen molar-refractivity contribution in [2.24, 2.45) is 0 Å². The van der Waals surface area contributed by atoms with Crippen molar-refractivity contribution in [3.8, 4) is 0 Å². The van der Waals surface area contributed by atoms with Gasteiger partial charge in [-0.15, -0.1) is 0 Å². The zero-order valence-corrected chi connectivity index (χ0v) is 7.89. The van der Waals surface area contributed by atoms with Crippen LogP contribution in [0.3, 0.4) is 0 Å². The number of rotatable bonds is 1. The van der Waals surface area contributed by atoms with Crippen LogP contribution in [0.15, 0.2) is 12.1 Å². The fourth-order valence-corrected chi connectivity index (χ4v) is 1.64. The van der Waals surface area contributed by atoms with Crippen molar-refractivity contribution in [1.82, 2.24) is 9.97 Å². The summed E-state index contributed by atoms with van der Waals surface area (Å²) in [6.45, 7) is 1.87. The normalized spacial score (nSPS) is 11.0. The summed E-state index contributed by atoms with van der Waals surface area (Å²) in [4.78, 5) is 7.17. The number of nitrogens with one attached hydrogen (secondary N) is 1. The van der Waals surface area contributed by atoms with Crippen molar-refractivity contribution in [3.05, 3.63) is 28.7 Å². The van der Waals surface area contributed by atoms with E-state index >= 15 is 0 Å². The monoisotopic (exact) mass is 196 g/mol. The first-order valence-corrected chi connectivity index (χ1v) is 4.34. The Morgan fingerprint density at radius 1 is 1.54 bits per heavy atom. The smallest absolute Gasteiger partial charge is 0.138 e. The molecule has 2 aromatic heterocycles. The number of fused-ring (bicyclic) bond motifs is 1. The van der Waals surface area contributed by atoms with Gasteiger partial charge < -0.3 is 10.1 Å². The maximum absolute atomic E-state index is 8.90. The highest BCUT2D eigenvalue weighted by atomic mass is 35.5. The second kappa shape index (κ2) is 3.01. The lowest BCUT2D eigenvalue weighted by atomic mass is 10.3. The summed E-state index contributed by atoms with van der Waals surface area (Å²) < 4.78 is 0. The first-order chi connectivity index (χ1) is 6.20. The highest BCUT2D eigenvalue weighted by Gasteiger charge is 2.05. The average Bonchev–Trinajstić information content (AvgIpc) is 2.47. The molecular weight excluding hydrogens is 188 g/mol. The molecule has 2 aromatic rings. The minimum atomic E-state index is -0.00986. The number of pyridine rings is 1. The molecular formula is C9H9ClN2O. The summed E-state index contributed by atoms with van der Waals surface area (Å²) in [7, 11) is 0. The third-order valence-corrected chi connectivity index (χ3v) is 2.21. The molecule has 2 N–H and O–H groups in total. The lowest BCUT2D eigenvalue weighted by molar-refractivity contribution is 0.278. The van der Waals surface area contributed by atoms with E-state index in [1.807, 2.05) is 19.1 Å². The van der Waals surface area contributed by atoms with Crippen molar-refractivity contribution in [3.63, 3.8) is 0 Å². The Kier molecular flexibility index (Phi) is 1.98. The van der Waals surface area contributed by atoms with Crippen LogP contribution < -0.4 is 0 Å². The maximum atomic E-state index is 8.90. The van der Waals surface area contributed by atoms with Gasteiger partial charge in [-0.3, -0.25) is 0 Å². The fourth-order valence-electron chi connectivity index (χ4n) is 1.35. The van der Waals surface area contributed by atoms with E-state index in [0.717, 1.165) is 22.3 Å². The van der Waals surface area contributed by atoms with Crippen molar-refractivity contribution >= 4 is 22.5 Å². The second-order valence-electron chi connectivity index (χ2n) is 2.97. The van der Waals surface area contributed by atoms with Crippen molar-refractivity contribution in [2.75, 3.05) is 0 Å². The molecule has 68 valence electrons. The van der Waals surface area contributed by atoms with E-state index in [0.29, 0.717) is 5.15 Å². The molecule has 0 unspecified atom stereocenters. The van der Waals surface area contributed by atoms with Gasteiger partial charge in [0.1, 0.15) is 5.15 Å². The van der Waals surface area contributed by atoms with Crippen LogP contribution in [-0.4, -0.2) is 15.1 Å². The van der Waals surface area contributed by atoms with Gasteiger partial charge in [-0.05, 0) is 19.1 Å². The molecule has 0 aliphatic rings. The maximum Gasteiger partial charge on any atom is 0.138 e. The predicted octanol–water partition coefficient (Wildman–Crippen LogP) is 2.02. The van der Waals surface area contributed by atoms with Crippen LogP contribution in [0.25, 0.3) is 10.9 Å². The Hall–Kier alpha value is -1.06. The van der Waals surface area contributed by atoms with Crippen LogP contribution in [0.5, 0.6) is 0 Å². The number of aliphatic hydroxyl groups is 1. The molecule has 0 saturated carbocycles. The third kappa shape index (κ3) is 1.41. The molecule has 0 fully saturated rings. The minimum absolute atomic E-state index is 0.00986. The minimum Gasteiger partial charge on any atom is -0.390 e. The molecule has 0 aliphatic heterocycles. The van der Waals surface area contributed by atoms with Gasteiger partial charge in [0.15, 0.2) is 0 Å². The molecule has 2 heterocycles. The van der Waals surface area contributed by atoms with Gasteiger partial charge in [0, 0.05) is 16.8 Å². The molecule has 0 radical (unpaired) electrons. The summed E-state index contributed by atoms with van der Waals surface area (Å²) in [6, 6.07) is 3.71. The molecule has 0 atom stereocenters. The van der Waals surface area contributed by atoms with E-state index in [1.165, 1.54) is 0 Å². The van der Waals surface area contributed by atoms with E-state index in [-0.39, 0.29) is 6.61 Å². The standard InChI is InChI=1S/C9H9ClN2O/c1-5-2-8-7(9(10)11-5)3-6(4-13)12-8/h2-3,12-13H,4H2,1H3. The Morgan fingerprint density at radius 3 is 3.00 bits per heavy atom. The molecule has 0 bridgehead atoms. The fraction of sp³-hybridized carbons (Fsp3) is 0.222. The van der Waals surface area contributed by atoms with Gasteiger partial charge in [-0.25, -0.2) is 4.98 Å². The summed E-state index contributed by atoms with van der Waals surface area (Å²) in [5, 5.41) is 10.2. The summed E-state index contributed by atoms with van der Waals surface area (Å²) in [5.41, 5.74) is 2.54. The van der Waals surface area contributed by atoms with E-state index in [1.54, 1.807) is 0 Å². The van der Waals surface area contributed by atoms with E-state index in [2.05, 4.69) is 9.97 Å². The number of aliphatic hydroxyl groups excluding tert-OH is 1. The number of aromatic nitrogens is 2. The molecule has 0 spiro atoms. The van der Waals surface area contributed by atoms with Crippen molar-refractivity contribution in [1.29, 1.82) is 0 Å². The highest BCUT2D eigenvalue weighted by Crippen LogP contribution is 2.23. The highest BCUT2D eigenvalue weighted by molar-refractivity contribution is 6.34. The average molecular weight is 197 g/mol. The molecule has 0 saturated heterocycles. The molecule has 4 heteroatoms. The number of nitrogens with zero attached hydrogens (tertiary/aromatic N) is 1. The molecule has 13 heavy (non-hydrogen) atoms. The number of hydrogen-bond acceptors (Lipinski definition) is 2. The van der Waals surface area contributed by atoms with Crippen LogP contribution in [0.1, 0.15) is 11.4 Å². The third-order valence-electron chi connectivity index (χ3n) is 1.92. The molecule has 0 aliphatic carbocycles. The van der Waals surface area contributed by atoms with Gasteiger partial charge in [0.25, 0.3) is 0 Å². The van der Waals surface area contributed by atoms with Crippen LogP contribution in [0, 0.1) is 6.92 Å². The van der Waals surface area contributed by atoms with Crippen LogP contribution in [0.2, 0.25) is 5.15 Å². The second-order valence-corrected chi connectivity index (χ2v) is 3.33. The summed E-state index contributed by atoms with van der Waals surface area (Å²) in [5.74, 6) is 0. The lowest BCUT2D eigenvalue weighted by Crippen LogP contribution is -1.82. The van der Waals surface area contributed by atoms with E-state index < -0.39 is 0 Å². The predicted molar refractivity (Wildman–Crippen MR) is 51.8 cm³/mol. The number of halogens is 1. The number of aryl methyl sites for hydroxylation is 1. The molecule has 0 aromatic carbocycles. The topological polar surface area (TPSA) is 48.9 Å². The van der Waals surface area contributed by atoms with E-state index in [4.69, 9.17) is 16.7 Å². The Balaban J connectivity index is 2.75. The van der Waals surface area contributed by atoms with Crippen molar-refractivity contribution < 1.29 is 5.11 Å². The first kappa shape index (κ1) is 8.53. The largest absolute Gasteiger partial charge is 0.390 e. The zero-order valence-electron chi connectivity index (χ0n) is 7.13. The van der Waals surface area contributed by atoms with Crippen molar-refractivity contribution in [2.45, 2.75) is 13.5 Å². The zero-order chi connectivity index (χ0) is 9.42. The van der Waals surface area contributed by atoms with Gasteiger partial charge >= 0.3 is 0 Å². The number of aromatic amines is 1. The van der Waals surface area contributed by atoms with Gasteiger partial charge in [0.05, 0.1) is 12.1 Å². The van der Waals surface area contributed by atoms with Crippen LogP contribution in [0.4, 0.5) is 0 Å². The Labute approximate surface area is 80.4 Å². The Bertz CT molecular complexity index is 450. The molecule has 0 amide bonds. The van der Waals surface area contributed by atoms with E-state index in [9.17, 15) is 0 Å². The van der Waals surface area contributed by atoms with Gasteiger partial charge in [-0.1, -0.05) is 11.6 Å². The van der Waals surface area contributed by atoms with Crippen LogP contribution in [-0.2, 0) is 6.61 Å². The lowest BCUT2D eigenvalue weighted by Gasteiger charge is -1.94. The first-order valence-electron chi connectivity index (χ1n) is 3.96. The quantitative estimate of drug-likeness (QED) is 0.686. The van der Waals surface area contributed by atoms with Crippen LogP contribution >= 0.6 is 11.6 Å². The summed E-state index contributed by atoms with van der Waals surface area (Å²) >= 11 is 5.92. The molecule has 3 nitrogen and oxygen atoms in total. The van der Waals surface area contributed by atoms with Gasteiger partial charge in [0.2, 0.25) is 0 Å². The summed E-state index contributed by atoms with van der Waals surface area (Å²) in [6.07, 6.45) is 0. The number of hydrogen-bond donors (Lipinski definition) is 2. The Morgan fingerprint density at radius 2 is 2.31 bits per heavy atom. The molecule has 2 rings (SSSR count).